The Bertz CT molecular complexity index is 1650. The molecular weight excluding hydrogens is 586 g/mol. The molecule has 1 aromatic carbocycles. The van der Waals surface area contributed by atoms with E-state index in [-0.39, 0.29) is 41.1 Å². The quantitative estimate of drug-likeness (QED) is 0.309. The monoisotopic (exact) mass is 622 g/mol. The number of carbonyl (C=O) groups excluding carboxylic acids is 1. The normalized spacial score (nSPS) is 20.7. The fourth-order valence-corrected chi connectivity index (χ4v) is 6.28. The van der Waals surface area contributed by atoms with Gasteiger partial charge in [-0.2, -0.15) is 9.61 Å². The van der Waals surface area contributed by atoms with Crippen molar-refractivity contribution in [3.05, 3.63) is 60.6 Å². The average Bonchev–Trinajstić information content (AvgIpc) is 3.42. The second kappa shape index (κ2) is 12.8. The van der Waals surface area contributed by atoms with Gasteiger partial charge in [-0.3, -0.25) is 4.98 Å². The predicted molar refractivity (Wildman–Crippen MR) is 164 cm³/mol. The minimum absolute atomic E-state index is 0.0357. The number of ether oxygens (including phenoxy) is 3. The Kier molecular flexibility index (Phi) is 8.67. The highest BCUT2D eigenvalue weighted by atomic mass is 19.1. The third kappa shape index (κ3) is 6.20. The molecule has 0 saturated carbocycles. The van der Waals surface area contributed by atoms with Crippen molar-refractivity contribution in [2.45, 2.75) is 38.0 Å². The second-order valence-corrected chi connectivity index (χ2v) is 11.5. The number of anilines is 3. The van der Waals surface area contributed by atoms with Crippen LogP contribution in [-0.2, 0) is 9.47 Å². The molecule has 45 heavy (non-hydrogen) atoms. The summed E-state index contributed by atoms with van der Waals surface area (Å²) in [7, 11) is 3.04. The summed E-state index contributed by atoms with van der Waals surface area (Å²) in [6, 6.07) is 6.95. The molecule has 6 rings (SSSR count). The van der Waals surface area contributed by atoms with E-state index >= 15 is 8.78 Å². The molecule has 1 amide bonds. The summed E-state index contributed by atoms with van der Waals surface area (Å²) in [5.74, 6) is -1.06. The number of nitrogens with two attached hydrogens (primary N) is 1. The summed E-state index contributed by atoms with van der Waals surface area (Å²) in [6.45, 7) is 4.25. The van der Waals surface area contributed by atoms with Gasteiger partial charge in [-0.05, 0) is 24.1 Å². The first-order valence-electron chi connectivity index (χ1n) is 14.8. The third-order valence-electron chi connectivity index (χ3n) is 8.38. The molecule has 0 aliphatic carbocycles. The molecule has 14 heteroatoms. The highest BCUT2D eigenvalue weighted by molar-refractivity contribution is 5.74. The Hall–Kier alpha value is -4.56. The molecule has 2 fully saturated rings. The maximum absolute atomic E-state index is 15.3. The number of halogens is 2. The van der Waals surface area contributed by atoms with E-state index in [0.717, 1.165) is 5.69 Å². The first-order chi connectivity index (χ1) is 21.7. The van der Waals surface area contributed by atoms with E-state index in [1.807, 2.05) is 13.0 Å². The van der Waals surface area contributed by atoms with Gasteiger partial charge in [0.2, 0.25) is 5.95 Å². The highest BCUT2D eigenvalue weighted by Crippen LogP contribution is 2.34. The van der Waals surface area contributed by atoms with Crippen LogP contribution >= 0.6 is 0 Å². The summed E-state index contributed by atoms with van der Waals surface area (Å²) in [5.41, 5.74) is 8.50. The number of piperidine rings is 1. The van der Waals surface area contributed by atoms with Crippen LogP contribution in [0.25, 0.3) is 16.8 Å². The fourth-order valence-electron chi connectivity index (χ4n) is 6.28. The van der Waals surface area contributed by atoms with Crippen LogP contribution < -0.4 is 20.7 Å². The molecule has 0 radical (unpaired) electrons. The average molecular weight is 623 g/mol. The summed E-state index contributed by atoms with van der Waals surface area (Å²) in [6.07, 6.45) is 5.70. The van der Waals surface area contributed by atoms with Gasteiger partial charge < -0.3 is 35.1 Å². The Morgan fingerprint density at radius 1 is 1.13 bits per heavy atom. The van der Waals surface area contributed by atoms with Gasteiger partial charge in [0, 0.05) is 57.4 Å². The number of hydrogen-bond acceptors (Lipinski definition) is 10. The lowest BCUT2D eigenvalue weighted by Crippen LogP contribution is -2.62. The number of imidazole rings is 1. The Morgan fingerprint density at radius 2 is 1.89 bits per heavy atom. The van der Waals surface area contributed by atoms with Crippen molar-refractivity contribution in [1.82, 2.24) is 24.5 Å². The number of methoxy groups -OCH3 is 1. The van der Waals surface area contributed by atoms with E-state index in [1.54, 1.807) is 42.7 Å². The molecule has 2 aliphatic rings. The number of rotatable bonds is 7. The van der Waals surface area contributed by atoms with Crippen LogP contribution in [-0.4, -0.2) is 89.2 Å². The van der Waals surface area contributed by atoms with E-state index in [1.165, 1.54) is 23.8 Å². The molecular formula is C31H36F2N8O4. The fraction of sp³-hybridized carbons (Fsp3) is 0.419. The van der Waals surface area contributed by atoms with Crippen LogP contribution in [0.15, 0.2) is 48.9 Å². The molecule has 3 aromatic heterocycles. The van der Waals surface area contributed by atoms with Crippen molar-refractivity contribution in [3.63, 3.8) is 0 Å². The highest BCUT2D eigenvalue weighted by Gasteiger charge is 2.38. The smallest absolute Gasteiger partial charge is 0.409 e. The number of benzene rings is 1. The van der Waals surface area contributed by atoms with E-state index in [0.29, 0.717) is 56.3 Å². The van der Waals surface area contributed by atoms with Crippen molar-refractivity contribution in [1.29, 1.82) is 0 Å². The summed E-state index contributed by atoms with van der Waals surface area (Å²) in [4.78, 5) is 24.6. The van der Waals surface area contributed by atoms with E-state index < -0.39 is 17.7 Å². The van der Waals surface area contributed by atoms with Crippen molar-refractivity contribution in [2.75, 3.05) is 50.7 Å². The minimum Gasteiger partial charge on any atom is -0.490 e. The van der Waals surface area contributed by atoms with Crippen LogP contribution in [0.3, 0.4) is 0 Å². The first-order valence-corrected chi connectivity index (χ1v) is 14.8. The van der Waals surface area contributed by atoms with Gasteiger partial charge >= 0.3 is 6.09 Å². The standard InChI is InChI=1S/C31H36F2N8O4/c1-18-16-40(17-24(34)29(18)39(2)31(42)43-3)27-6-9-35-15-26(27)37-30-36-14-19-4-5-25(38-41(19)30)28-22(32)12-21(13-23(28)33)45-20-7-10-44-11-8-20/h4-6,9,12-15,18,20,24,29H,7-8,10-11,16-17,34H2,1-3H3,(H,36,37)/t18-,24+,29-/m0/s1. The van der Waals surface area contributed by atoms with Crippen LogP contribution in [0.2, 0.25) is 0 Å². The molecule has 12 nitrogen and oxygen atoms in total. The Labute approximate surface area is 259 Å². The zero-order chi connectivity index (χ0) is 31.7. The van der Waals surface area contributed by atoms with Gasteiger partial charge in [0.1, 0.15) is 23.5 Å². The van der Waals surface area contributed by atoms with Crippen molar-refractivity contribution in [3.8, 4) is 17.0 Å². The summed E-state index contributed by atoms with van der Waals surface area (Å²) >= 11 is 0. The van der Waals surface area contributed by atoms with Crippen LogP contribution in [0.5, 0.6) is 5.75 Å². The largest absolute Gasteiger partial charge is 0.490 e. The molecule has 3 N–H and O–H groups in total. The van der Waals surface area contributed by atoms with Crippen LogP contribution in [0, 0.1) is 17.6 Å². The van der Waals surface area contributed by atoms with E-state index in [9.17, 15) is 4.79 Å². The number of pyridine rings is 1. The molecule has 0 spiro atoms. The topological polar surface area (TPSA) is 132 Å². The zero-order valence-corrected chi connectivity index (χ0v) is 25.3. The number of nitrogens with one attached hydrogen (secondary N) is 1. The first kappa shape index (κ1) is 30.5. The molecule has 0 unspecified atom stereocenters. The van der Waals surface area contributed by atoms with Crippen LogP contribution in [0.4, 0.5) is 30.9 Å². The number of amides is 1. The third-order valence-corrected chi connectivity index (χ3v) is 8.38. The second-order valence-electron chi connectivity index (χ2n) is 11.5. The molecule has 4 aromatic rings. The van der Waals surface area contributed by atoms with Crippen molar-refractivity contribution >= 4 is 28.9 Å². The zero-order valence-electron chi connectivity index (χ0n) is 25.3. The lowest BCUT2D eigenvalue weighted by molar-refractivity contribution is 0.0253. The van der Waals surface area contributed by atoms with Gasteiger partial charge in [0.25, 0.3) is 0 Å². The van der Waals surface area contributed by atoms with Crippen molar-refractivity contribution in [2.24, 2.45) is 11.7 Å². The number of nitrogens with zero attached hydrogens (tertiary/aromatic N) is 6. The van der Waals surface area contributed by atoms with Gasteiger partial charge in [-0.15, -0.1) is 0 Å². The maximum atomic E-state index is 15.3. The van der Waals surface area contributed by atoms with Gasteiger partial charge in [0.15, 0.2) is 0 Å². The van der Waals surface area contributed by atoms with E-state index in [2.05, 4.69) is 25.3 Å². The Morgan fingerprint density at radius 3 is 2.60 bits per heavy atom. The van der Waals surface area contributed by atoms with Crippen molar-refractivity contribution < 1.29 is 27.8 Å². The maximum Gasteiger partial charge on any atom is 0.409 e. The molecule has 0 bridgehead atoms. The van der Waals surface area contributed by atoms with Gasteiger partial charge in [0.05, 0.1) is 66.9 Å². The molecule has 2 saturated heterocycles. The number of aromatic nitrogens is 4. The minimum atomic E-state index is -0.778. The molecule has 3 atom stereocenters. The summed E-state index contributed by atoms with van der Waals surface area (Å²) in [5, 5.41) is 7.83. The molecule has 5 heterocycles. The van der Waals surface area contributed by atoms with Gasteiger partial charge in [-0.1, -0.05) is 6.92 Å². The SMILES string of the molecule is COC(=O)N(C)[C@@H]1[C@H](N)CN(c2ccncc2Nc2ncc3ccc(-c4c(F)cc(OC5CCOCC5)cc4F)nn23)C[C@@H]1C. The van der Waals surface area contributed by atoms with Crippen LogP contribution in [0.1, 0.15) is 19.8 Å². The lowest BCUT2D eigenvalue weighted by Gasteiger charge is -2.45. The van der Waals surface area contributed by atoms with E-state index in [4.69, 9.17) is 19.9 Å². The summed E-state index contributed by atoms with van der Waals surface area (Å²) < 4.78 is 48.2. The molecule has 238 valence electrons. The number of fused-ring (bicyclic) bond motifs is 1. The number of likely N-dealkylation sites (N-methyl/N-ethyl adjacent to an activating group) is 1. The molecule has 2 aliphatic heterocycles. The lowest BCUT2D eigenvalue weighted by atomic mass is 9.89. The number of hydrogen-bond donors (Lipinski definition) is 2. The number of carbonyl (C=O) groups is 1. The Balaban J connectivity index is 1.25. The predicted octanol–water partition coefficient (Wildman–Crippen LogP) is 4.22. The van der Waals surface area contributed by atoms with Gasteiger partial charge in [-0.25, -0.2) is 18.6 Å².